The number of hydrogen-bond acceptors (Lipinski definition) is 7. The highest BCUT2D eigenvalue weighted by atomic mass is 32.1. The number of aromatic nitrogens is 1. The number of rotatable bonds is 9. The number of phenols is 1. The lowest BCUT2D eigenvalue weighted by Crippen LogP contribution is -2.44. The van der Waals surface area contributed by atoms with E-state index >= 15 is 0 Å². The molecular weight excluding hydrogens is 502 g/mol. The van der Waals surface area contributed by atoms with Gasteiger partial charge in [-0.15, -0.1) is 0 Å². The number of hydrogen-bond donors (Lipinski definition) is 4. The molecule has 1 atom stereocenters. The average Bonchev–Trinajstić information content (AvgIpc) is 3.33. The molecule has 9 nitrogen and oxygen atoms in total. The van der Waals surface area contributed by atoms with Crippen molar-refractivity contribution in [3.63, 3.8) is 0 Å². The molecule has 0 spiro atoms. The van der Waals surface area contributed by atoms with Crippen LogP contribution in [0.25, 0.3) is 0 Å². The number of anilines is 2. The fraction of sp³-hybridized carbons (Fsp3) is 0.143. The molecule has 3 aromatic carbocycles. The van der Waals surface area contributed by atoms with E-state index in [1.807, 2.05) is 49.4 Å². The van der Waals surface area contributed by atoms with Crippen LogP contribution >= 0.6 is 11.5 Å². The first-order valence-electron chi connectivity index (χ1n) is 11.9. The van der Waals surface area contributed by atoms with E-state index in [2.05, 4.69) is 9.69 Å². The number of primary amides is 1. The zero-order valence-corrected chi connectivity index (χ0v) is 21.4. The summed E-state index contributed by atoms with van der Waals surface area (Å²) < 4.78 is 3.97. The highest BCUT2D eigenvalue weighted by molar-refractivity contribution is 7.09. The van der Waals surface area contributed by atoms with Crippen LogP contribution < -0.4 is 21.7 Å². The van der Waals surface area contributed by atoms with E-state index in [1.54, 1.807) is 24.3 Å². The fourth-order valence-corrected chi connectivity index (χ4v) is 4.71. The van der Waals surface area contributed by atoms with Crippen molar-refractivity contribution >= 4 is 40.6 Å². The Morgan fingerprint density at radius 2 is 1.63 bits per heavy atom. The van der Waals surface area contributed by atoms with Crippen LogP contribution in [-0.4, -0.2) is 27.2 Å². The van der Waals surface area contributed by atoms with E-state index in [0.29, 0.717) is 11.3 Å². The molecule has 6 N–H and O–H groups in total. The molecule has 4 rings (SSSR count). The van der Waals surface area contributed by atoms with Gasteiger partial charge in [0.1, 0.15) is 16.7 Å². The number of aryl methyl sites for hydroxylation is 1. The molecule has 0 aliphatic heterocycles. The summed E-state index contributed by atoms with van der Waals surface area (Å²) in [6.45, 7) is 2.25. The molecule has 0 saturated heterocycles. The van der Waals surface area contributed by atoms with Gasteiger partial charge in [0.15, 0.2) is 5.69 Å². The second-order valence-corrected chi connectivity index (χ2v) is 9.30. The molecule has 0 radical (unpaired) electrons. The molecule has 194 valence electrons. The second-order valence-electron chi connectivity index (χ2n) is 8.53. The highest BCUT2D eigenvalue weighted by Crippen LogP contribution is 2.34. The van der Waals surface area contributed by atoms with Crippen molar-refractivity contribution in [3.05, 3.63) is 106 Å². The van der Waals surface area contributed by atoms with E-state index < -0.39 is 23.8 Å². The van der Waals surface area contributed by atoms with Crippen molar-refractivity contribution < 1.29 is 19.5 Å². The monoisotopic (exact) mass is 529 g/mol. The summed E-state index contributed by atoms with van der Waals surface area (Å²) in [5, 5.41) is 12.8. The third-order valence-electron chi connectivity index (χ3n) is 6.02. The maximum atomic E-state index is 14.1. The largest absolute Gasteiger partial charge is 0.508 e. The van der Waals surface area contributed by atoms with Gasteiger partial charge in [0.2, 0.25) is 5.91 Å². The topological polar surface area (TPSA) is 152 Å². The Bertz CT molecular complexity index is 1440. The summed E-state index contributed by atoms with van der Waals surface area (Å²) in [5.41, 5.74) is 14.0. The van der Waals surface area contributed by atoms with Crippen LogP contribution in [-0.2, 0) is 17.8 Å². The number of aromatic hydroxyl groups is 1. The lowest BCUT2D eigenvalue weighted by molar-refractivity contribution is -0.122. The van der Waals surface area contributed by atoms with E-state index in [1.165, 1.54) is 17.0 Å². The zero-order valence-electron chi connectivity index (χ0n) is 20.6. The molecule has 0 fully saturated rings. The Labute approximate surface area is 223 Å². The van der Waals surface area contributed by atoms with Gasteiger partial charge in [-0.1, -0.05) is 61.5 Å². The van der Waals surface area contributed by atoms with Gasteiger partial charge in [-0.05, 0) is 58.9 Å². The summed E-state index contributed by atoms with van der Waals surface area (Å²) in [6.07, 6.45) is 0.789. The van der Waals surface area contributed by atoms with E-state index in [9.17, 15) is 19.5 Å². The molecule has 38 heavy (non-hydrogen) atoms. The standard InChI is InChI=1S/C28H27N5O4S/c1-2-17-8-12-20(13-9-17)33(28(37)25-22(29)23(26(30)35)32-38-25)24(19-10-14-21(34)15-11-19)27(36)31-16-18-6-4-3-5-7-18/h3-15,24,34H,2,16,29H2,1H3,(H2,30,35)(H,31,36)/t24-/m1/s1. The number of amides is 3. The van der Waals surface area contributed by atoms with E-state index in [0.717, 1.165) is 29.1 Å². The van der Waals surface area contributed by atoms with Crippen molar-refractivity contribution in [1.82, 2.24) is 9.69 Å². The zero-order chi connectivity index (χ0) is 27.2. The van der Waals surface area contributed by atoms with E-state index in [-0.39, 0.29) is 28.6 Å². The Balaban J connectivity index is 1.82. The number of nitrogen functional groups attached to an aromatic ring is 1. The molecule has 0 aliphatic rings. The summed E-state index contributed by atoms with van der Waals surface area (Å²) in [7, 11) is 0. The third-order valence-corrected chi connectivity index (χ3v) is 6.87. The Hall–Kier alpha value is -4.70. The predicted molar refractivity (Wildman–Crippen MR) is 147 cm³/mol. The average molecular weight is 530 g/mol. The number of nitrogens with two attached hydrogens (primary N) is 2. The van der Waals surface area contributed by atoms with Gasteiger partial charge in [-0.25, -0.2) is 0 Å². The minimum atomic E-state index is -1.14. The van der Waals surface area contributed by atoms with Crippen molar-refractivity contribution in [3.8, 4) is 5.75 Å². The first kappa shape index (κ1) is 26.4. The Kier molecular flexibility index (Phi) is 8.03. The normalized spacial score (nSPS) is 11.5. The molecule has 0 aliphatic carbocycles. The van der Waals surface area contributed by atoms with Crippen LogP contribution in [0.5, 0.6) is 5.75 Å². The van der Waals surface area contributed by atoms with Crippen LogP contribution in [0, 0.1) is 0 Å². The Morgan fingerprint density at radius 3 is 2.21 bits per heavy atom. The van der Waals surface area contributed by atoms with Gasteiger partial charge in [0.05, 0.1) is 5.69 Å². The number of carbonyl (C=O) groups is 3. The SMILES string of the molecule is CCc1ccc(N(C(=O)c2snc(C(N)=O)c2N)[C@@H](C(=O)NCc2ccccc2)c2ccc(O)cc2)cc1. The van der Waals surface area contributed by atoms with Crippen LogP contribution in [0.15, 0.2) is 78.9 Å². The minimum absolute atomic E-state index is 0.0140. The summed E-state index contributed by atoms with van der Waals surface area (Å²) in [5.74, 6) is -1.91. The molecule has 0 bridgehead atoms. The molecular formula is C28H27N5O4S. The highest BCUT2D eigenvalue weighted by Gasteiger charge is 2.36. The maximum absolute atomic E-state index is 14.1. The summed E-state index contributed by atoms with van der Waals surface area (Å²) in [6, 6.07) is 21.5. The molecule has 0 saturated carbocycles. The van der Waals surface area contributed by atoms with Gasteiger partial charge < -0.3 is 21.9 Å². The number of nitrogens with zero attached hydrogens (tertiary/aromatic N) is 2. The molecule has 1 heterocycles. The molecule has 1 aromatic heterocycles. The van der Waals surface area contributed by atoms with Gasteiger partial charge in [0, 0.05) is 12.2 Å². The quantitative estimate of drug-likeness (QED) is 0.259. The molecule has 4 aromatic rings. The Morgan fingerprint density at radius 1 is 0.974 bits per heavy atom. The van der Waals surface area contributed by atoms with Crippen molar-refractivity contribution in [2.75, 3.05) is 10.6 Å². The van der Waals surface area contributed by atoms with Crippen LogP contribution in [0.4, 0.5) is 11.4 Å². The van der Waals surface area contributed by atoms with E-state index in [4.69, 9.17) is 11.5 Å². The van der Waals surface area contributed by atoms with Crippen LogP contribution in [0.3, 0.4) is 0 Å². The number of nitrogens with one attached hydrogen (secondary N) is 1. The smallest absolute Gasteiger partial charge is 0.273 e. The first-order chi connectivity index (χ1) is 18.3. The molecule has 0 unspecified atom stereocenters. The minimum Gasteiger partial charge on any atom is -0.508 e. The molecule has 3 amide bonds. The van der Waals surface area contributed by atoms with Gasteiger partial charge in [0.25, 0.3) is 11.8 Å². The van der Waals surface area contributed by atoms with Gasteiger partial charge in [-0.2, -0.15) is 4.37 Å². The second kappa shape index (κ2) is 11.6. The lowest BCUT2D eigenvalue weighted by Gasteiger charge is -2.31. The lowest BCUT2D eigenvalue weighted by atomic mass is 10.0. The summed E-state index contributed by atoms with van der Waals surface area (Å²) in [4.78, 5) is 40.9. The number of carbonyl (C=O) groups excluding carboxylic acids is 3. The van der Waals surface area contributed by atoms with Crippen molar-refractivity contribution in [2.24, 2.45) is 5.73 Å². The molecule has 10 heteroatoms. The van der Waals surface area contributed by atoms with Gasteiger partial charge >= 0.3 is 0 Å². The van der Waals surface area contributed by atoms with Crippen molar-refractivity contribution in [2.45, 2.75) is 25.9 Å². The summed E-state index contributed by atoms with van der Waals surface area (Å²) >= 11 is 0.741. The predicted octanol–water partition coefficient (Wildman–Crippen LogP) is 3.80. The first-order valence-corrected chi connectivity index (χ1v) is 12.7. The fourth-order valence-electron chi connectivity index (χ4n) is 3.97. The maximum Gasteiger partial charge on any atom is 0.273 e. The number of phenolic OH excluding ortho intramolecular Hbond substituents is 1. The van der Waals surface area contributed by atoms with Gasteiger partial charge in [-0.3, -0.25) is 19.3 Å². The van der Waals surface area contributed by atoms with Crippen molar-refractivity contribution in [1.29, 1.82) is 0 Å². The number of benzene rings is 3. The van der Waals surface area contributed by atoms with Crippen LogP contribution in [0.1, 0.15) is 49.8 Å². The third kappa shape index (κ3) is 5.65. The van der Waals surface area contributed by atoms with Crippen LogP contribution in [0.2, 0.25) is 0 Å².